The molecular formula is C36H44BrN3O6S. The van der Waals surface area contributed by atoms with Crippen molar-refractivity contribution in [2.45, 2.75) is 54.1 Å². The summed E-state index contributed by atoms with van der Waals surface area (Å²) < 4.78 is 10.1. The lowest BCUT2D eigenvalue weighted by Gasteiger charge is -2.41. The van der Waals surface area contributed by atoms with Crippen LogP contribution < -0.4 is 19.3 Å². The number of hydrogen-bond acceptors (Lipinski definition) is 7. The molecule has 1 N–H and O–H groups in total. The predicted molar refractivity (Wildman–Crippen MR) is 190 cm³/mol. The van der Waals surface area contributed by atoms with Crippen LogP contribution in [0.4, 0.5) is 11.4 Å². The first-order chi connectivity index (χ1) is 22.6. The van der Waals surface area contributed by atoms with E-state index in [4.69, 9.17) is 9.47 Å². The van der Waals surface area contributed by atoms with Gasteiger partial charge in [0.2, 0.25) is 11.8 Å². The summed E-state index contributed by atoms with van der Waals surface area (Å²) in [6, 6.07) is 13.0. The molecule has 3 amide bonds. The Morgan fingerprint density at radius 2 is 1.60 bits per heavy atom. The number of carbonyl (C=O) groups excluding carboxylic acids is 3. The number of amides is 3. The number of nitrogens with zero attached hydrogens (tertiary/aromatic N) is 3. The van der Waals surface area contributed by atoms with Gasteiger partial charge in [0.15, 0.2) is 0 Å². The zero-order chi connectivity index (χ0) is 34.0. The minimum atomic E-state index is -0.909. The maximum atomic E-state index is 15.0. The summed E-state index contributed by atoms with van der Waals surface area (Å²) in [6.07, 6.45) is 3.86. The van der Waals surface area contributed by atoms with E-state index in [-0.39, 0.29) is 53.4 Å². The minimum absolute atomic E-state index is 0.105. The highest BCUT2D eigenvalue weighted by atomic mass is 79.9. The third kappa shape index (κ3) is 6.10. The van der Waals surface area contributed by atoms with Gasteiger partial charge in [-0.25, -0.2) is 0 Å². The van der Waals surface area contributed by atoms with Crippen molar-refractivity contribution < 1.29 is 29.0 Å². The normalized spacial score (nSPS) is 26.6. The van der Waals surface area contributed by atoms with Gasteiger partial charge in [-0.2, -0.15) is 0 Å². The van der Waals surface area contributed by atoms with E-state index < -0.39 is 28.7 Å². The van der Waals surface area contributed by atoms with Gasteiger partial charge in [-0.05, 0) is 67.8 Å². The van der Waals surface area contributed by atoms with Gasteiger partial charge in [-0.1, -0.05) is 41.9 Å². The van der Waals surface area contributed by atoms with E-state index in [0.29, 0.717) is 35.9 Å². The molecule has 252 valence electrons. The standard InChI is InChI=1S/C36H44BrN3O6S/c1-7-18-38(23-12-16-26(17-13-23)46-9-3)33(42)29-30-34(43)40(28(21-41)22(4)5)32(36(30)20-27(37)31(29)47-36)35(44)39(19-8-2)24-10-14-25(45-6)15-11-24/h7-8,10-17,22,27-32,41H,1-2,9,18-21H2,3-6H3/t27?,28-,29-,30-,31-,32?,36?/m0/s1. The predicted octanol–water partition coefficient (Wildman–Crippen LogP) is 5.31. The van der Waals surface area contributed by atoms with Crippen molar-refractivity contribution in [1.29, 1.82) is 0 Å². The fraction of sp³-hybridized carbons (Fsp3) is 0.472. The smallest absolute Gasteiger partial charge is 0.251 e. The number of carbonyl (C=O) groups is 3. The lowest BCUT2D eigenvalue weighted by molar-refractivity contribution is -0.142. The van der Waals surface area contributed by atoms with Crippen LogP contribution in [0, 0.1) is 17.8 Å². The molecule has 0 radical (unpaired) electrons. The molecule has 47 heavy (non-hydrogen) atoms. The largest absolute Gasteiger partial charge is 0.497 e. The summed E-state index contributed by atoms with van der Waals surface area (Å²) in [6.45, 7) is 14.3. The molecule has 7 atom stereocenters. The van der Waals surface area contributed by atoms with Gasteiger partial charge in [0, 0.05) is 34.5 Å². The molecule has 0 saturated carbocycles. The summed E-state index contributed by atoms with van der Waals surface area (Å²) >= 11 is 5.45. The van der Waals surface area contributed by atoms with Crippen LogP contribution in [0.2, 0.25) is 0 Å². The number of aliphatic hydroxyl groups is 1. The highest BCUT2D eigenvalue weighted by Crippen LogP contribution is 2.68. The molecule has 3 fully saturated rings. The molecule has 3 heterocycles. The number of aliphatic hydroxyl groups excluding tert-OH is 1. The summed E-state index contributed by atoms with van der Waals surface area (Å²) in [4.78, 5) is 49.3. The number of rotatable bonds is 14. The van der Waals surface area contributed by atoms with Crippen LogP contribution >= 0.6 is 27.7 Å². The molecule has 3 aliphatic heterocycles. The van der Waals surface area contributed by atoms with E-state index in [1.807, 2.05) is 57.2 Å². The van der Waals surface area contributed by atoms with Crippen molar-refractivity contribution in [2.24, 2.45) is 17.8 Å². The Balaban J connectivity index is 1.60. The fourth-order valence-electron chi connectivity index (χ4n) is 7.49. The zero-order valence-electron chi connectivity index (χ0n) is 27.4. The monoisotopic (exact) mass is 725 g/mol. The Morgan fingerprint density at radius 3 is 2.09 bits per heavy atom. The number of fused-ring (bicyclic) bond motifs is 1. The summed E-state index contributed by atoms with van der Waals surface area (Å²) in [5.41, 5.74) is 1.31. The van der Waals surface area contributed by atoms with Gasteiger partial charge >= 0.3 is 0 Å². The molecule has 2 aromatic rings. The lowest BCUT2D eigenvalue weighted by Crippen LogP contribution is -2.59. The Bertz CT molecular complexity index is 1490. The number of benzene rings is 2. The molecule has 2 bridgehead atoms. The third-order valence-corrected chi connectivity index (χ3v) is 12.8. The third-order valence-electron chi connectivity index (χ3n) is 9.56. The van der Waals surface area contributed by atoms with E-state index >= 15 is 0 Å². The number of likely N-dealkylation sites (tertiary alicyclic amines) is 1. The van der Waals surface area contributed by atoms with Crippen molar-refractivity contribution in [3.63, 3.8) is 0 Å². The first-order valence-electron chi connectivity index (χ1n) is 16.0. The molecule has 3 aliphatic rings. The summed E-state index contributed by atoms with van der Waals surface area (Å²) in [5, 5.41) is 10.4. The second-order valence-corrected chi connectivity index (χ2v) is 15.2. The van der Waals surface area contributed by atoms with E-state index in [9.17, 15) is 19.5 Å². The van der Waals surface area contributed by atoms with Gasteiger partial charge in [-0.15, -0.1) is 24.9 Å². The average Bonchev–Trinajstić information content (AvgIpc) is 3.66. The number of alkyl halides is 1. The minimum Gasteiger partial charge on any atom is -0.497 e. The highest BCUT2D eigenvalue weighted by Gasteiger charge is 2.76. The van der Waals surface area contributed by atoms with Crippen molar-refractivity contribution in [3.05, 3.63) is 73.8 Å². The number of hydrogen-bond donors (Lipinski definition) is 1. The van der Waals surface area contributed by atoms with Gasteiger partial charge in [0.25, 0.3) is 5.91 Å². The Labute approximate surface area is 290 Å². The van der Waals surface area contributed by atoms with Crippen LogP contribution in [0.1, 0.15) is 27.2 Å². The molecule has 0 aromatic heterocycles. The fourth-order valence-corrected chi connectivity index (χ4v) is 11.1. The molecule has 1 spiro atoms. The van der Waals surface area contributed by atoms with Gasteiger partial charge in [0.1, 0.15) is 17.5 Å². The van der Waals surface area contributed by atoms with Crippen molar-refractivity contribution in [1.82, 2.24) is 4.90 Å². The Kier molecular flexibility index (Phi) is 10.8. The molecule has 2 aromatic carbocycles. The molecular weight excluding hydrogens is 682 g/mol. The summed E-state index contributed by atoms with van der Waals surface area (Å²) in [5.74, 6) is -0.948. The summed E-state index contributed by atoms with van der Waals surface area (Å²) in [7, 11) is 1.58. The zero-order valence-corrected chi connectivity index (χ0v) is 29.8. The van der Waals surface area contributed by atoms with Crippen molar-refractivity contribution in [2.75, 3.05) is 43.2 Å². The van der Waals surface area contributed by atoms with Crippen LogP contribution in [-0.2, 0) is 14.4 Å². The quantitative estimate of drug-likeness (QED) is 0.208. The first-order valence-corrected chi connectivity index (χ1v) is 17.8. The Morgan fingerprint density at radius 1 is 1.04 bits per heavy atom. The second kappa shape index (κ2) is 14.5. The van der Waals surface area contributed by atoms with Gasteiger partial charge in [-0.3, -0.25) is 14.4 Å². The van der Waals surface area contributed by atoms with Gasteiger partial charge in [0.05, 0.1) is 42.9 Å². The average molecular weight is 727 g/mol. The number of thioether (sulfide) groups is 1. The lowest BCUT2D eigenvalue weighted by atomic mass is 9.70. The number of methoxy groups -OCH3 is 1. The molecule has 3 unspecified atom stereocenters. The number of halogens is 1. The molecule has 0 aliphatic carbocycles. The van der Waals surface area contributed by atoms with E-state index in [2.05, 4.69) is 29.1 Å². The number of ether oxygens (including phenoxy) is 2. The number of anilines is 2. The van der Waals surface area contributed by atoms with E-state index in [0.717, 1.165) is 0 Å². The van der Waals surface area contributed by atoms with Crippen molar-refractivity contribution in [3.8, 4) is 11.5 Å². The second-order valence-electron chi connectivity index (χ2n) is 12.5. The van der Waals surface area contributed by atoms with E-state index in [1.54, 1.807) is 57.9 Å². The maximum absolute atomic E-state index is 15.0. The molecule has 9 nitrogen and oxygen atoms in total. The first kappa shape index (κ1) is 35.0. The van der Waals surface area contributed by atoms with Crippen LogP contribution in [0.5, 0.6) is 11.5 Å². The topological polar surface area (TPSA) is 99.6 Å². The van der Waals surface area contributed by atoms with Crippen LogP contribution in [0.3, 0.4) is 0 Å². The highest BCUT2D eigenvalue weighted by molar-refractivity contribution is 9.09. The molecule has 3 saturated heterocycles. The van der Waals surface area contributed by atoms with Crippen LogP contribution in [0.25, 0.3) is 0 Å². The van der Waals surface area contributed by atoms with Crippen LogP contribution in [-0.4, -0.2) is 88.0 Å². The molecule has 11 heteroatoms. The van der Waals surface area contributed by atoms with Gasteiger partial charge < -0.3 is 29.3 Å². The van der Waals surface area contributed by atoms with Crippen LogP contribution in [0.15, 0.2) is 73.8 Å². The van der Waals surface area contributed by atoms with E-state index in [1.165, 1.54) is 0 Å². The Hall–Kier alpha value is -3.28. The molecule has 5 rings (SSSR count). The van der Waals surface area contributed by atoms with Crippen molar-refractivity contribution >= 4 is 56.8 Å². The maximum Gasteiger partial charge on any atom is 0.251 e. The SMILES string of the molecule is C=CCN(C(=O)C1N([C@@H](CO)C(C)C)C(=O)[C@@H]2[C@H](C(=O)N(CC=C)c3ccc(OCC)cc3)[C@H]3SC12CC3Br)c1ccc(OC)cc1.